The van der Waals surface area contributed by atoms with Gasteiger partial charge in [0.1, 0.15) is 5.69 Å². The van der Waals surface area contributed by atoms with E-state index >= 15 is 0 Å². The Bertz CT molecular complexity index is 912. The Balaban J connectivity index is 1.66. The summed E-state index contributed by atoms with van der Waals surface area (Å²) in [6.07, 6.45) is 0.110. The molecular formula is C19H17ClN4O2S. The largest absolute Gasteiger partial charge is 0.349 e. The van der Waals surface area contributed by atoms with Crippen molar-refractivity contribution in [2.24, 2.45) is 0 Å². The van der Waals surface area contributed by atoms with E-state index in [2.05, 4.69) is 20.2 Å². The van der Waals surface area contributed by atoms with Crippen LogP contribution in [0.25, 0.3) is 11.3 Å². The third-order valence-corrected chi connectivity index (χ3v) is 4.62. The first-order valence-electron chi connectivity index (χ1n) is 8.21. The second kappa shape index (κ2) is 8.75. The Labute approximate surface area is 165 Å². The average molecular weight is 401 g/mol. The number of rotatable bonds is 6. The highest BCUT2D eigenvalue weighted by atomic mass is 35.5. The molecule has 0 spiro atoms. The molecule has 0 radical (unpaired) electrons. The molecule has 138 valence electrons. The number of halogens is 1. The first-order valence-corrected chi connectivity index (χ1v) is 9.42. The van der Waals surface area contributed by atoms with Crippen LogP contribution < -0.4 is 10.6 Å². The number of carbonyl (C=O) groups excluding carboxylic acids is 2. The minimum atomic E-state index is -0.430. The summed E-state index contributed by atoms with van der Waals surface area (Å²) >= 11 is 7.20. The summed E-state index contributed by atoms with van der Waals surface area (Å²) in [5.41, 5.74) is 3.21. The van der Waals surface area contributed by atoms with Gasteiger partial charge in [0.25, 0.3) is 0 Å². The first kappa shape index (κ1) is 19.0. The number of aromatic nitrogens is 2. The van der Waals surface area contributed by atoms with Crippen LogP contribution in [0.15, 0.2) is 53.9 Å². The third-order valence-electron chi connectivity index (χ3n) is 3.86. The topological polar surface area (TPSA) is 84.0 Å². The standard InChI is InChI=1S/C19H17ClN4O2S/c1-12(25)21-17(13-2-6-15(20)7-3-13)10-19(26)22-16-8-4-14(5-9-16)18-11-27-24-23-18/h2-9,11,17H,10H2,1H3,(H,21,25)(H,22,26). The Morgan fingerprint density at radius 3 is 2.41 bits per heavy atom. The van der Waals surface area contributed by atoms with Crippen LogP contribution in [0.4, 0.5) is 5.69 Å². The number of benzene rings is 2. The molecule has 1 aromatic heterocycles. The SMILES string of the molecule is CC(=O)NC(CC(=O)Nc1ccc(-c2csnn2)cc1)c1ccc(Cl)cc1. The van der Waals surface area contributed by atoms with Gasteiger partial charge in [0.15, 0.2) is 0 Å². The molecule has 0 aliphatic rings. The van der Waals surface area contributed by atoms with Crippen LogP contribution in [0.3, 0.4) is 0 Å². The van der Waals surface area contributed by atoms with E-state index in [9.17, 15) is 9.59 Å². The van der Waals surface area contributed by atoms with Gasteiger partial charge in [-0.05, 0) is 41.4 Å². The molecular weight excluding hydrogens is 384 g/mol. The number of nitrogens with one attached hydrogen (secondary N) is 2. The van der Waals surface area contributed by atoms with Gasteiger partial charge in [-0.15, -0.1) is 5.10 Å². The molecule has 3 aromatic rings. The lowest BCUT2D eigenvalue weighted by Crippen LogP contribution is -2.29. The van der Waals surface area contributed by atoms with Gasteiger partial charge in [0, 0.05) is 28.6 Å². The van der Waals surface area contributed by atoms with Crippen molar-refractivity contribution in [3.63, 3.8) is 0 Å². The molecule has 3 rings (SSSR count). The minimum absolute atomic E-state index is 0.110. The fourth-order valence-electron chi connectivity index (χ4n) is 2.60. The summed E-state index contributed by atoms with van der Waals surface area (Å²) in [7, 11) is 0. The van der Waals surface area contributed by atoms with Crippen molar-refractivity contribution in [1.82, 2.24) is 14.9 Å². The van der Waals surface area contributed by atoms with Crippen molar-refractivity contribution in [2.75, 3.05) is 5.32 Å². The lowest BCUT2D eigenvalue weighted by Gasteiger charge is -2.18. The molecule has 1 atom stereocenters. The zero-order valence-electron chi connectivity index (χ0n) is 14.5. The van der Waals surface area contributed by atoms with E-state index in [0.717, 1.165) is 16.8 Å². The van der Waals surface area contributed by atoms with Gasteiger partial charge in [0.2, 0.25) is 11.8 Å². The summed E-state index contributed by atoms with van der Waals surface area (Å²) in [5, 5.41) is 12.1. The summed E-state index contributed by atoms with van der Waals surface area (Å²) in [6, 6.07) is 14.0. The van der Waals surface area contributed by atoms with Crippen LogP contribution in [0, 0.1) is 0 Å². The molecule has 0 fully saturated rings. The van der Waals surface area contributed by atoms with Gasteiger partial charge in [-0.25, -0.2) is 0 Å². The summed E-state index contributed by atoms with van der Waals surface area (Å²) in [5.74, 6) is -0.407. The zero-order chi connectivity index (χ0) is 19.2. The molecule has 27 heavy (non-hydrogen) atoms. The Morgan fingerprint density at radius 2 is 1.81 bits per heavy atom. The van der Waals surface area contributed by atoms with Crippen molar-refractivity contribution in [3.8, 4) is 11.3 Å². The molecule has 0 bridgehead atoms. The molecule has 1 heterocycles. The second-order valence-electron chi connectivity index (χ2n) is 5.92. The number of nitrogens with zero attached hydrogens (tertiary/aromatic N) is 2. The lowest BCUT2D eigenvalue weighted by atomic mass is 10.0. The van der Waals surface area contributed by atoms with Gasteiger partial charge in [-0.1, -0.05) is 40.4 Å². The predicted molar refractivity (Wildman–Crippen MR) is 107 cm³/mol. The van der Waals surface area contributed by atoms with E-state index in [1.165, 1.54) is 18.5 Å². The van der Waals surface area contributed by atoms with Gasteiger partial charge in [0.05, 0.1) is 12.5 Å². The maximum Gasteiger partial charge on any atom is 0.226 e. The molecule has 2 N–H and O–H groups in total. The second-order valence-corrected chi connectivity index (χ2v) is 6.97. The van der Waals surface area contributed by atoms with Gasteiger partial charge >= 0.3 is 0 Å². The van der Waals surface area contributed by atoms with Gasteiger partial charge < -0.3 is 10.6 Å². The van der Waals surface area contributed by atoms with Crippen molar-refractivity contribution in [3.05, 3.63) is 64.5 Å². The van der Waals surface area contributed by atoms with E-state index in [4.69, 9.17) is 11.6 Å². The molecule has 0 saturated heterocycles. The number of anilines is 1. The molecule has 2 amide bonds. The monoisotopic (exact) mass is 400 g/mol. The Morgan fingerprint density at radius 1 is 1.11 bits per heavy atom. The van der Waals surface area contributed by atoms with E-state index in [-0.39, 0.29) is 18.2 Å². The summed E-state index contributed by atoms with van der Waals surface area (Å²) < 4.78 is 3.84. The number of hydrogen-bond acceptors (Lipinski definition) is 5. The molecule has 0 aliphatic carbocycles. The Hall–Kier alpha value is -2.77. The fraction of sp³-hybridized carbons (Fsp3) is 0.158. The van der Waals surface area contributed by atoms with Gasteiger partial charge in [-0.2, -0.15) is 0 Å². The minimum Gasteiger partial charge on any atom is -0.349 e. The van der Waals surface area contributed by atoms with Crippen LogP contribution in [0.2, 0.25) is 5.02 Å². The predicted octanol–water partition coefficient (Wildman–Crippen LogP) is 4.06. The molecule has 6 nitrogen and oxygen atoms in total. The smallest absolute Gasteiger partial charge is 0.226 e. The maximum atomic E-state index is 12.4. The van der Waals surface area contributed by atoms with Crippen molar-refractivity contribution < 1.29 is 9.59 Å². The lowest BCUT2D eigenvalue weighted by molar-refractivity contribution is -0.120. The summed E-state index contributed by atoms with van der Waals surface area (Å²) in [6.45, 7) is 1.42. The maximum absolute atomic E-state index is 12.4. The zero-order valence-corrected chi connectivity index (χ0v) is 16.1. The van der Waals surface area contributed by atoms with Crippen molar-refractivity contribution in [1.29, 1.82) is 0 Å². The van der Waals surface area contributed by atoms with Crippen LogP contribution in [-0.2, 0) is 9.59 Å². The summed E-state index contributed by atoms with van der Waals surface area (Å²) in [4.78, 5) is 24.0. The van der Waals surface area contributed by atoms with Crippen LogP contribution in [-0.4, -0.2) is 21.4 Å². The van der Waals surface area contributed by atoms with Crippen molar-refractivity contribution in [2.45, 2.75) is 19.4 Å². The molecule has 0 saturated carbocycles. The highest BCUT2D eigenvalue weighted by Crippen LogP contribution is 2.22. The molecule has 8 heteroatoms. The first-order chi connectivity index (χ1) is 13.0. The van der Waals surface area contributed by atoms with E-state index < -0.39 is 6.04 Å². The molecule has 0 aliphatic heterocycles. The third kappa shape index (κ3) is 5.35. The van der Waals surface area contributed by atoms with Gasteiger partial charge in [-0.3, -0.25) is 9.59 Å². The normalized spacial score (nSPS) is 11.6. The highest BCUT2D eigenvalue weighted by molar-refractivity contribution is 7.03. The van der Waals surface area contributed by atoms with E-state index in [1.54, 1.807) is 24.3 Å². The van der Waals surface area contributed by atoms with E-state index in [1.807, 2.05) is 29.6 Å². The van der Waals surface area contributed by atoms with Crippen LogP contribution in [0.1, 0.15) is 24.9 Å². The number of hydrogen-bond donors (Lipinski definition) is 2. The number of amides is 2. The number of carbonyl (C=O) groups is 2. The molecule has 2 aromatic carbocycles. The van der Waals surface area contributed by atoms with Crippen molar-refractivity contribution >= 4 is 40.6 Å². The van der Waals surface area contributed by atoms with Crippen LogP contribution in [0.5, 0.6) is 0 Å². The average Bonchev–Trinajstić information content (AvgIpc) is 3.17. The Kier molecular flexibility index (Phi) is 6.16. The molecule has 1 unspecified atom stereocenters. The quantitative estimate of drug-likeness (QED) is 0.653. The van der Waals surface area contributed by atoms with Crippen LogP contribution >= 0.6 is 23.1 Å². The van der Waals surface area contributed by atoms with E-state index in [0.29, 0.717) is 10.7 Å². The highest BCUT2D eigenvalue weighted by Gasteiger charge is 2.17. The fourth-order valence-corrected chi connectivity index (χ4v) is 3.20.